The van der Waals surface area contributed by atoms with E-state index in [1.165, 1.54) is 0 Å². The molecule has 1 aromatic heterocycles. The van der Waals surface area contributed by atoms with Crippen LogP contribution in [0, 0.1) is 13.8 Å². The Morgan fingerprint density at radius 1 is 1.17 bits per heavy atom. The Morgan fingerprint density at radius 2 is 1.89 bits per heavy atom. The van der Waals surface area contributed by atoms with Gasteiger partial charge in [-0.2, -0.15) is 0 Å². The van der Waals surface area contributed by atoms with E-state index in [2.05, 4.69) is 10.3 Å². The van der Waals surface area contributed by atoms with Crippen LogP contribution in [0.1, 0.15) is 21.5 Å². The van der Waals surface area contributed by atoms with E-state index < -0.39 is 0 Å². The van der Waals surface area contributed by atoms with E-state index in [1.807, 2.05) is 32.0 Å². The van der Waals surface area contributed by atoms with Crippen molar-refractivity contribution in [2.45, 2.75) is 13.8 Å². The largest absolute Gasteiger partial charge is 0.398 e. The zero-order valence-corrected chi connectivity index (χ0v) is 10.4. The van der Waals surface area contributed by atoms with E-state index in [-0.39, 0.29) is 5.91 Å². The number of hydrogen-bond acceptors (Lipinski definition) is 3. The minimum absolute atomic E-state index is 0.245. The zero-order valence-electron chi connectivity index (χ0n) is 10.4. The molecular weight excluding hydrogens is 226 g/mol. The van der Waals surface area contributed by atoms with Crippen molar-refractivity contribution in [2.24, 2.45) is 0 Å². The van der Waals surface area contributed by atoms with Crippen molar-refractivity contribution >= 4 is 17.4 Å². The number of carbonyl (C=O) groups excluding carboxylic acids is 1. The first-order chi connectivity index (χ1) is 8.56. The maximum absolute atomic E-state index is 12.0. The summed E-state index contributed by atoms with van der Waals surface area (Å²) < 4.78 is 0. The third-order valence-corrected chi connectivity index (χ3v) is 2.61. The molecule has 0 saturated heterocycles. The molecule has 0 saturated carbocycles. The maximum atomic E-state index is 12.0. The number of hydrogen-bond donors (Lipinski definition) is 2. The Hall–Kier alpha value is -2.36. The van der Waals surface area contributed by atoms with E-state index in [0.717, 1.165) is 11.1 Å². The van der Waals surface area contributed by atoms with Crippen LogP contribution in [-0.2, 0) is 0 Å². The number of carbonyl (C=O) groups is 1. The van der Waals surface area contributed by atoms with Crippen LogP contribution in [0.2, 0.25) is 0 Å². The quantitative estimate of drug-likeness (QED) is 0.794. The van der Waals surface area contributed by atoms with E-state index in [4.69, 9.17) is 5.73 Å². The first-order valence-electron chi connectivity index (χ1n) is 5.66. The SMILES string of the molecule is Cc1ccnc(NC(=O)c2ccc(C)cc2N)c1. The van der Waals surface area contributed by atoms with Crippen molar-refractivity contribution in [3.05, 3.63) is 53.2 Å². The number of nitrogens with two attached hydrogens (primary N) is 1. The fourth-order valence-corrected chi connectivity index (χ4v) is 1.68. The highest BCUT2D eigenvalue weighted by Crippen LogP contribution is 2.15. The lowest BCUT2D eigenvalue weighted by Gasteiger charge is -2.07. The molecule has 0 fully saturated rings. The Kier molecular flexibility index (Phi) is 3.28. The van der Waals surface area contributed by atoms with E-state index >= 15 is 0 Å². The number of rotatable bonds is 2. The standard InChI is InChI=1S/C14H15N3O/c1-9-3-4-11(12(15)7-9)14(18)17-13-8-10(2)5-6-16-13/h3-8H,15H2,1-2H3,(H,16,17,18). The van der Waals surface area contributed by atoms with Gasteiger partial charge in [0.2, 0.25) is 0 Å². The lowest BCUT2D eigenvalue weighted by molar-refractivity contribution is 0.102. The van der Waals surface area contributed by atoms with Gasteiger partial charge in [-0.1, -0.05) is 6.07 Å². The third-order valence-electron chi connectivity index (χ3n) is 2.61. The minimum Gasteiger partial charge on any atom is -0.398 e. The van der Waals surface area contributed by atoms with Crippen LogP contribution in [-0.4, -0.2) is 10.9 Å². The maximum Gasteiger partial charge on any atom is 0.258 e. The number of nitrogens with zero attached hydrogens (tertiary/aromatic N) is 1. The lowest BCUT2D eigenvalue weighted by Crippen LogP contribution is -2.15. The van der Waals surface area contributed by atoms with Gasteiger partial charge in [0, 0.05) is 11.9 Å². The monoisotopic (exact) mass is 241 g/mol. The number of pyridine rings is 1. The molecule has 0 spiro atoms. The highest BCUT2D eigenvalue weighted by atomic mass is 16.1. The van der Waals surface area contributed by atoms with Gasteiger partial charge in [0.25, 0.3) is 5.91 Å². The summed E-state index contributed by atoms with van der Waals surface area (Å²) in [6.45, 7) is 3.87. The molecule has 1 amide bonds. The number of anilines is 2. The fourth-order valence-electron chi connectivity index (χ4n) is 1.68. The van der Waals surface area contributed by atoms with Gasteiger partial charge in [-0.15, -0.1) is 0 Å². The van der Waals surface area contributed by atoms with Gasteiger partial charge in [0.05, 0.1) is 5.56 Å². The smallest absolute Gasteiger partial charge is 0.258 e. The average molecular weight is 241 g/mol. The van der Waals surface area contributed by atoms with Gasteiger partial charge in [0.1, 0.15) is 5.82 Å². The molecule has 0 aliphatic heterocycles. The Balaban J connectivity index is 2.22. The van der Waals surface area contributed by atoms with Crippen molar-refractivity contribution in [1.82, 2.24) is 4.98 Å². The molecule has 0 atom stereocenters. The van der Waals surface area contributed by atoms with E-state index in [1.54, 1.807) is 18.3 Å². The normalized spacial score (nSPS) is 10.1. The van der Waals surface area contributed by atoms with Crippen LogP contribution in [0.15, 0.2) is 36.5 Å². The molecular formula is C14H15N3O. The summed E-state index contributed by atoms with van der Waals surface area (Å²) in [5.74, 6) is 0.283. The number of amides is 1. The fraction of sp³-hybridized carbons (Fsp3) is 0.143. The molecule has 0 radical (unpaired) electrons. The predicted octanol–water partition coefficient (Wildman–Crippen LogP) is 2.53. The van der Waals surface area contributed by atoms with Gasteiger partial charge in [-0.25, -0.2) is 4.98 Å². The Bertz CT molecular complexity index is 593. The molecule has 0 bridgehead atoms. The summed E-state index contributed by atoms with van der Waals surface area (Å²) in [7, 11) is 0. The molecule has 0 aliphatic carbocycles. The van der Waals surface area contributed by atoms with Crippen molar-refractivity contribution in [3.63, 3.8) is 0 Å². The third kappa shape index (κ3) is 2.66. The second-order valence-electron chi connectivity index (χ2n) is 4.26. The average Bonchev–Trinajstić information content (AvgIpc) is 2.28. The molecule has 3 N–H and O–H groups in total. The van der Waals surface area contributed by atoms with Crippen LogP contribution in [0.5, 0.6) is 0 Å². The van der Waals surface area contributed by atoms with E-state index in [9.17, 15) is 4.79 Å². The molecule has 4 nitrogen and oxygen atoms in total. The van der Waals surface area contributed by atoms with Gasteiger partial charge in [0.15, 0.2) is 0 Å². The Morgan fingerprint density at radius 3 is 2.56 bits per heavy atom. The van der Waals surface area contributed by atoms with Crippen LogP contribution < -0.4 is 11.1 Å². The van der Waals surface area contributed by atoms with Crippen LogP contribution in [0.25, 0.3) is 0 Å². The lowest BCUT2D eigenvalue weighted by atomic mass is 10.1. The van der Waals surface area contributed by atoms with E-state index in [0.29, 0.717) is 17.1 Å². The van der Waals surface area contributed by atoms with Crippen molar-refractivity contribution in [1.29, 1.82) is 0 Å². The minimum atomic E-state index is -0.245. The highest BCUT2D eigenvalue weighted by Gasteiger charge is 2.10. The molecule has 4 heteroatoms. The summed E-state index contributed by atoms with van der Waals surface area (Å²) in [6, 6.07) is 9.03. The van der Waals surface area contributed by atoms with Crippen LogP contribution in [0.3, 0.4) is 0 Å². The summed E-state index contributed by atoms with van der Waals surface area (Å²) in [5, 5.41) is 2.73. The molecule has 2 rings (SSSR count). The summed E-state index contributed by atoms with van der Waals surface area (Å²) in [5.41, 5.74) is 8.82. The summed E-state index contributed by atoms with van der Waals surface area (Å²) in [4.78, 5) is 16.1. The van der Waals surface area contributed by atoms with Crippen LogP contribution >= 0.6 is 0 Å². The Labute approximate surface area is 106 Å². The van der Waals surface area contributed by atoms with Gasteiger partial charge < -0.3 is 11.1 Å². The zero-order chi connectivity index (χ0) is 13.1. The van der Waals surface area contributed by atoms with Crippen molar-refractivity contribution in [2.75, 3.05) is 11.1 Å². The van der Waals surface area contributed by atoms with Gasteiger partial charge >= 0.3 is 0 Å². The predicted molar refractivity (Wildman–Crippen MR) is 72.5 cm³/mol. The number of nitrogen functional groups attached to an aromatic ring is 1. The molecule has 0 unspecified atom stereocenters. The van der Waals surface area contributed by atoms with Gasteiger partial charge in [-0.3, -0.25) is 4.79 Å². The second kappa shape index (κ2) is 4.87. The topological polar surface area (TPSA) is 68.0 Å². The second-order valence-corrected chi connectivity index (χ2v) is 4.26. The van der Waals surface area contributed by atoms with Crippen molar-refractivity contribution in [3.8, 4) is 0 Å². The molecule has 18 heavy (non-hydrogen) atoms. The van der Waals surface area contributed by atoms with Gasteiger partial charge in [-0.05, 0) is 49.2 Å². The summed E-state index contributed by atoms with van der Waals surface area (Å²) in [6.07, 6.45) is 1.66. The number of nitrogens with one attached hydrogen (secondary N) is 1. The van der Waals surface area contributed by atoms with Crippen LogP contribution in [0.4, 0.5) is 11.5 Å². The first kappa shape index (κ1) is 12.1. The first-order valence-corrected chi connectivity index (χ1v) is 5.66. The number of aromatic nitrogens is 1. The summed E-state index contributed by atoms with van der Waals surface area (Å²) >= 11 is 0. The molecule has 2 aromatic rings. The molecule has 1 heterocycles. The highest BCUT2D eigenvalue weighted by molar-refractivity contribution is 6.07. The molecule has 0 aliphatic rings. The number of aryl methyl sites for hydroxylation is 2. The number of benzene rings is 1. The molecule has 1 aromatic carbocycles. The van der Waals surface area contributed by atoms with Crippen molar-refractivity contribution < 1.29 is 4.79 Å². The molecule has 92 valence electrons.